The molecule has 8 heteroatoms. The molecule has 1 aromatic carbocycles. The van der Waals surface area contributed by atoms with Gasteiger partial charge in [0.15, 0.2) is 0 Å². The maximum Gasteiger partial charge on any atom is 0.320 e. The molecule has 8 nitrogen and oxygen atoms in total. The smallest absolute Gasteiger partial charge is 0.320 e. The molecule has 146 valence electrons. The summed E-state index contributed by atoms with van der Waals surface area (Å²) in [5.74, 6) is -2.57. The second kappa shape index (κ2) is 12.8. The van der Waals surface area contributed by atoms with Crippen LogP contribution in [0.3, 0.4) is 0 Å². The third-order valence-corrected chi connectivity index (χ3v) is 3.38. The number of nitrogens with two attached hydrogens (primary N) is 1. The molecule has 26 heavy (non-hydrogen) atoms. The molecule has 0 aromatic heterocycles. The highest BCUT2D eigenvalue weighted by Gasteiger charge is 2.17. The van der Waals surface area contributed by atoms with Crippen molar-refractivity contribution in [3.8, 4) is 0 Å². The number of carbonyl (C=O) groups is 3. The van der Waals surface area contributed by atoms with Crippen LogP contribution in [0, 0.1) is 5.92 Å². The molecule has 6 N–H and O–H groups in total. The van der Waals surface area contributed by atoms with Crippen LogP contribution >= 0.6 is 0 Å². The number of aliphatic carboxylic acids is 3. The van der Waals surface area contributed by atoms with Gasteiger partial charge >= 0.3 is 17.9 Å². The van der Waals surface area contributed by atoms with Crippen LogP contribution in [0.5, 0.6) is 0 Å². The fraction of sp³-hybridized carbons (Fsp3) is 0.500. The van der Waals surface area contributed by atoms with E-state index in [1.54, 1.807) is 0 Å². The molecule has 1 aromatic rings. The number of hydrogen-bond donors (Lipinski definition) is 5. The van der Waals surface area contributed by atoms with Crippen LogP contribution in [0.25, 0.3) is 0 Å². The monoisotopic (exact) mass is 368 g/mol. The van der Waals surface area contributed by atoms with Gasteiger partial charge in [0, 0.05) is 13.0 Å². The standard InChI is InChI=1S/C12H15NO4.C6H13NO2/c14-11(15)7-6-10(12(16)17)13-8-9-4-2-1-3-5-9;1-4(2)3-5(7)6(8)9/h1-5,10,13H,6-8H2,(H,14,15)(H,16,17);4-5H,3,7H2,1-2H3,(H,8,9)/t10-;5-/m00/s1. The average molecular weight is 368 g/mol. The molecule has 1 rings (SSSR count). The second-order valence-electron chi connectivity index (χ2n) is 6.26. The predicted octanol–water partition coefficient (Wildman–Crippen LogP) is 1.54. The first-order chi connectivity index (χ1) is 12.1. The zero-order valence-corrected chi connectivity index (χ0v) is 15.1. The Bertz CT molecular complexity index is 562. The quantitative estimate of drug-likeness (QED) is 0.417. The summed E-state index contributed by atoms with van der Waals surface area (Å²) in [6.07, 6.45) is 0.478. The number of hydrogen-bond acceptors (Lipinski definition) is 5. The van der Waals surface area contributed by atoms with E-state index in [0.29, 0.717) is 18.9 Å². The highest BCUT2D eigenvalue weighted by atomic mass is 16.4. The van der Waals surface area contributed by atoms with Crippen molar-refractivity contribution in [2.24, 2.45) is 11.7 Å². The Labute approximate surface area is 153 Å². The summed E-state index contributed by atoms with van der Waals surface area (Å²) < 4.78 is 0. The van der Waals surface area contributed by atoms with E-state index in [0.717, 1.165) is 5.56 Å². The van der Waals surface area contributed by atoms with Crippen molar-refractivity contribution in [2.45, 2.75) is 51.7 Å². The van der Waals surface area contributed by atoms with E-state index in [-0.39, 0.29) is 12.8 Å². The van der Waals surface area contributed by atoms with Crippen LogP contribution in [0.15, 0.2) is 30.3 Å². The first kappa shape index (κ1) is 23.5. The third-order valence-electron chi connectivity index (χ3n) is 3.38. The Morgan fingerprint density at radius 3 is 2.00 bits per heavy atom. The summed E-state index contributed by atoms with van der Waals surface area (Å²) in [6.45, 7) is 4.31. The Balaban J connectivity index is 0.000000590. The van der Waals surface area contributed by atoms with Crippen LogP contribution in [-0.4, -0.2) is 45.3 Å². The van der Waals surface area contributed by atoms with E-state index in [4.69, 9.17) is 21.1 Å². The Morgan fingerprint density at radius 2 is 1.62 bits per heavy atom. The number of rotatable bonds is 10. The van der Waals surface area contributed by atoms with Crippen molar-refractivity contribution in [3.05, 3.63) is 35.9 Å². The lowest BCUT2D eigenvalue weighted by Crippen LogP contribution is -2.36. The minimum Gasteiger partial charge on any atom is -0.481 e. The summed E-state index contributed by atoms with van der Waals surface area (Å²) in [5.41, 5.74) is 6.18. The van der Waals surface area contributed by atoms with Gasteiger partial charge in [0.1, 0.15) is 12.1 Å². The summed E-state index contributed by atoms with van der Waals surface area (Å²) in [7, 11) is 0. The first-order valence-electron chi connectivity index (χ1n) is 8.33. The SMILES string of the molecule is CC(C)C[C@H](N)C(=O)O.O=C(O)CC[C@H](NCc1ccccc1)C(=O)O. The van der Waals surface area contributed by atoms with Gasteiger partial charge in [-0.15, -0.1) is 0 Å². The summed E-state index contributed by atoms with van der Waals surface area (Å²) >= 11 is 0. The fourth-order valence-corrected chi connectivity index (χ4v) is 2.03. The molecule has 0 unspecified atom stereocenters. The van der Waals surface area contributed by atoms with E-state index in [2.05, 4.69) is 5.32 Å². The highest BCUT2D eigenvalue weighted by molar-refractivity contribution is 5.75. The molecular weight excluding hydrogens is 340 g/mol. The number of benzene rings is 1. The lowest BCUT2D eigenvalue weighted by Gasteiger charge is -2.13. The lowest BCUT2D eigenvalue weighted by molar-refractivity contribution is -0.141. The van der Waals surface area contributed by atoms with Crippen LogP contribution in [0.2, 0.25) is 0 Å². The van der Waals surface area contributed by atoms with Gasteiger partial charge in [-0.1, -0.05) is 44.2 Å². The lowest BCUT2D eigenvalue weighted by atomic mass is 10.1. The summed E-state index contributed by atoms with van der Waals surface area (Å²) in [6, 6.07) is 7.85. The fourth-order valence-electron chi connectivity index (χ4n) is 2.03. The first-order valence-corrected chi connectivity index (χ1v) is 8.33. The van der Waals surface area contributed by atoms with Crippen molar-refractivity contribution in [1.82, 2.24) is 5.32 Å². The van der Waals surface area contributed by atoms with E-state index in [9.17, 15) is 14.4 Å². The summed E-state index contributed by atoms with van der Waals surface area (Å²) in [5, 5.41) is 28.6. The molecular formula is C18H28N2O6. The zero-order valence-electron chi connectivity index (χ0n) is 15.1. The van der Waals surface area contributed by atoms with Crippen molar-refractivity contribution >= 4 is 17.9 Å². The molecule has 0 amide bonds. The van der Waals surface area contributed by atoms with Gasteiger partial charge in [-0.25, -0.2) is 0 Å². The predicted molar refractivity (Wildman–Crippen MR) is 96.6 cm³/mol. The Hall–Kier alpha value is -2.45. The van der Waals surface area contributed by atoms with Gasteiger partial charge in [0.2, 0.25) is 0 Å². The molecule has 0 radical (unpaired) electrons. The molecule has 0 spiro atoms. The second-order valence-corrected chi connectivity index (χ2v) is 6.26. The van der Waals surface area contributed by atoms with Crippen molar-refractivity contribution in [1.29, 1.82) is 0 Å². The van der Waals surface area contributed by atoms with E-state index < -0.39 is 30.0 Å². The van der Waals surface area contributed by atoms with Crippen molar-refractivity contribution < 1.29 is 29.7 Å². The van der Waals surface area contributed by atoms with Crippen LogP contribution < -0.4 is 11.1 Å². The van der Waals surface area contributed by atoms with Gasteiger partial charge < -0.3 is 26.4 Å². The van der Waals surface area contributed by atoms with E-state index in [1.165, 1.54) is 0 Å². The van der Waals surface area contributed by atoms with Crippen LogP contribution in [0.1, 0.15) is 38.7 Å². The van der Waals surface area contributed by atoms with Gasteiger partial charge in [-0.05, 0) is 24.3 Å². The van der Waals surface area contributed by atoms with Crippen molar-refractivity contribution in [2.75, 3.05) is 0 Å². The molecule has 0 heterocycles. The zero-order chi connectivity index (χ0) is 20.1. The van der Waals surface area contributed by atoms with Gasteiger partial charge in [0.05, 0.1) is 0 Å². The Morgan fingerprint density at radius 1 is 1.04 bits per heavy atom. The largest absolute Gasteiger partial charge is 0.481 e. The highest BCUT2D eigenvalue weighted by Crippen LogP contribution is 2.03. The maximum atomic E-state index is 10.9. The van der Waals surface area contributed by atoms with Gasteiger partial charge in [0.25, 0.3) is 0 Å². The average Bonchev–Trinajstić information content (AvgIpc) is 2.55. The van der Waals surface area contributed by atoms with E-state index in [1.807, 2.05) is 44.2 Å². The normalized spacial score (nSPS) is 12.6. The molecule has 0 bridgehead atoms. The van der Waals surface area contributed by atoms with Crippen LogP contribution in [0.4, 0.5) is 0 Å². The maximum absolute atomic E-state index is 10.9. The molecule has 0 saturated heterocycles. The molecule has 0 aliphatic heterocycles. The van der Waals surface area contributed by atoms with Gasteiger partial charge in [-0.2, -0.15) is 0 Å². The summed E-state index contributed by atoms with van der Waals surface area (Å²) in [4.78, 5) is 31.4. The minimum atomic E-state index is -1.03. The number of carboxylic acid groups (broad SMARTS) is 3. The molecule has 0 aliphatic carbocycles. The number of carboxylic acids is 3. The molecule has 2 atom stereocenters. The molecule has 0 saturated carbocycles. The molecule has 0 aliphatic rings. The van der Waals surface area contributed by atoms with Crippen LogP contribution in [-0.2, 0) is 20.9 Å². The topological polar surface area (TPSA) is 150 Å². The van der Waals surface area contributed by atoms with E-state index >= 15 is 0 Å². The van der Waals surface area contributed by atoms with Crippen molar-refractivity contribution in [3.63, 3.8) is 0 Å². The third kappa shape index (κ3) is 12.0. The van der Waals surface area contributed by atoms with Gasteiger partial charge in [-0.3, -0.25) is 14.4 Å². The minimum absolute atomic E-state index is 0.0809. The number of nitrogens with one attached hydrogen (secondary N) is 1. The molecule has 0 fully saturated rings. The Kier molecular flexibility index (Phi) is 11.6.